The van der Waals surface area contributed by atoms with E-state index in [1.165, 1.54) is 31.4 Å². The number of allylic oxidation sites excluding steroid dienone is 3. The van der Waals surface area contributed by atoms with Crippen molar-refractivity contribution in [2.45, 2.75) is 50.8 Å². The molecule has 1 aliphatic carbocycles. The van der Waals surface area contributed by atoms with E-state index in [9.17, 15) is 13.2 Å². The highest BCUT2D eigenvalue weighted by Gasteiger charge is 2.31. The second kappa shape index (κ2) is 8.23. The Bertz CT molecular complexity index is 508. The molecule has 0 amide bonds. The minimum Gasteiger partial charge on any atom is -0.406 e. The number of ether oxygens (including phenoxy) is 1. The Labute approximate surface area is 135 Å². The molecule has 0 aromatic heterocycles. The maximum absolute atomic E-state index is 12.2. The quantitative estimate of drug-likeness (QED) is 0.552. The van der Waals surface area contributed by atoms with Gasteiger partial charge in [-0.3, -0.25) is 0 Å². The number of alkyl halides is 3. The van der Waals surface area contributed by atoms with Gasteiger partial charge in [-0.15, -0.1) is 13.2 Å². The average Bonchev–Trinajstić information content (AvgIpc) is 2.52. The Kier molecular flexibility index (Phi) is 6.31. The van der Waals surface area contributed by atoms with E-state index in [0.717, 1.165) is 30.7 Å². The Hall–Kier alpha value is -1.71. The smallest absolute Gasteiger partial charge is 0.406 e. The summed E-state index contributed by atoms with van der Waals surface area (Å²) in [6.45, 7) is 3.66. The first-order valence-corrected chi connectivity index (χ1v) is 8.11. The lowest BCUT2D eigenvalue weighted by atomic mass is 9.77. The second-order valence-electron chi connectivity index (χ2n) is 6.08. The fraction of sp³-hybridized carbons (Fsp3) is 0.474. The van der Waals surface area contributed by atoms with E-state index in [2.05, 4.69) is 17.4 Å². The highest BCUT2D eigenvalue weighted by Crippen LogP contribution is 2.38. The summed E-state index contributed by atoms with van der Waals surface area (Å²) in [6.07, 6.45) is 8.18. The molecule has 126 valence electrons. The van der Waals surface area contributed by atoms with E-state index in [1.807, 2.05) is 6.08 Å². The minimum absolute atomic E-state index is 0.149. The largest absolute Gasteiger partial charge is 0.573 e. The van der Waals surface area contributed by atoms with Crippen LogP contribution in [0.4, 0.5) is 13.2 Å². The topological polar surface area (TPSA) is 9.23 Å². The first-order chi connectivity index (χ1) is 11.0. The molecule has 0 saturated heterocycles. The van der Waals surface area contributed by atoms with E-state index < -0.39 is 6.36 Å². The standard InChI is InChI=1S/C19H23F3O/c1-2-3-4-5-6-15-7-9-16(10-8-15)17-11-13-18(14-12-17)23-19(20,21)22/h2-4,11-16H,1,5-10H2/b4-3+. The van der Waals surface area contributed by atoms with Gasteiger partial charge < -0.3 is 4.74 Å². The van der Waals surface area contributed by atoms with Gasteiger partial charge in [0.05, 0.1) is 0 Å². The Morgan fingerprint density at radius 2 is 1.74 bits per heavy atom. The van der Waals surface area contributed by atoms with Crippen LogP contribution in [0.3, 0.4) is 0 Å². The zero-order valence-electron chi connectivity index (χ0n) is 13.2. The van der Waals surface area contributed by atoms with Crippen LogP contribution in [0.5, 0.6) is 5.75 Å². The lowest BCUT2D eigenvalue weighted by molar-refractivity contribution is -0.274. The average molecular weight is 324 g/mol. The number of rotatable bonds is 6. The van der Waals surface area contributed by atoms with Crippen LogP contribution < -0.4 is 4.74 Å². The van der Waals surface area contributed by atoms with Gasteiger partial charge in [0.2, 0.25) is 0 Å². The van der Waals surface area contributed by atoms with Crippen LogP contribution in [-0.2, 0) is 0 Å². The molecular weight excluding hydrogens is 301 g/mol. The molecule has 0 spiro atoms. The van der Waals surface area contributed by atoms with Gasteiger partial charge in [0.25, 0.3) is 0 Å². The summed E-state index contributed by atoms with van der Waals surface area (Å²) in [4.78, 5) is 0. The highest BCUT2D eigenvalue weighted by atomic mass is 19.4. The third-order valence-electron chi connectivity index (χ3n) is 4.45. The lowest BCUT2D eigenvalue weighted by Gasteiger charge is -2.28. The third-order valence-corrected chi connectivity index (χ3v) is 4.45. The number of hydrogen-bond acceptors (Lipinski definition) is 1. The first-order valence-electron chi connectivity index (χ1n) is 8.11. The lowest BCUT2D eigenvalue weighted by Crippen LogP contribution is -2.17. The molecule has 0 N–H and O–H groups in total. The van der Waals surface area contributed by atoms with Crippen molar-refractivity contribution in [2.75, 3.05) is 0 Å². The molecule has 2 rings (SSSR count). The molecular formula is C19H23F3O. The Morgan fingerprint density at radius 1 is 1.09 bits per heavy atom. The summed E-state index contributed by atoms with van der Waals surface area (Å²) in [5, 5.41) is 0. The van der Waals surface area contributed by atoms with Gasteiger partial charge in [0, 0.05) is 0 Å². The van der Waals surface area contributed by atoms with Gasteiger partial charge in [-0.1, -0.05) is 36.9 Å². The molecule has 0 atom stereocenters. The minimum atomic E-state index is -4.63. The van der Waals surface area contributed by atoms with Crippen LogP contribution >= 0.6 is 0 Å². The third kappa shape index (κ3) is 6.12. The van der Waals surface area contributed by atoms with E-state index >= 15 is 0 Å². The van der Waals surface area contributed by atoms with Crippen LogP contribution in [0.2, 0.25) is 0 Å². The predicted molar refractivity (Wildman–Crippen MR) is 86.4 cm³/mol. The van der Waals surface area contributed by atoms with Crippen molar-refractivity contribution in [1.82, 2.24) is 0 Å². The molecule has 1 saturated carbocycles. The summed E-state index contributed by atoms with van der Waals surface area (Å²) in [7, 11) is 0. The fourth-order valence-electron chi connectivity index (χ4n) is 3.25. The molecule has 1 nitrogen and oxygen atoms in total. The summed E-state index contributed by atoms with van der Waals surface area (Å²) < 4.78 is 40.4. The first kappa shape index (κ1) is 17.6. The van der Waals surface area contributed by atoms with Gasteiger partial charge in [-0.25, -0.2) is 0 Å². The predicted octanol–water partition coefficient (Wildman–Crippen LogP) is 6.38. The molecule has 0 heterocycles. The normalized spacial score (nSPS) is 22.2. The zero-order chi connectivity index (χ0) is 16.7. The summed E-state index contributed by atoms with van der Waals surface area (Å²) >= 11 is 0. The Morgan fingerprint density at radius 3 is 2.30 bits per heavy atom. The molecule has 1 fully saturated rings. The molecule has 0 aliphatic heterocycles. The number of benzene rings is 1. The number of hydrogen-bond donors (Lipinski definition) is 0. The molecule has 23 heavy (non-hydrogen) atoms. The summed E-state index contributed by atoms with van der Waals surface area (Å²) in [5.41, 5.74) is 1.12. The van der Waals surface area contributed by atoms with Gasteiger partial charge >= 0.3 is 6.36 Å². The highest BCUT2D eigenvalue weighted by molar-refractivity contribution is 5.29. The molecule has 0 bridgehead atoms. The van der Waals surface area contributed by atoms with Crippen LogP contribution in [0, 0.1) is 5.92 Å². The molecule has 1 aromatic carbocycles. The van der Waals surface area contributed by atoms with Gasteiger partial charge in [0.15, 0.2) is 0 Å². The van der Waals surface area contributed by atoms with Crippen molar-refractivity contribution in [3.63, 3.8) is 0 Å². The van der Waals surface area contributed by atoms with Crippen molar-refractivity contribution in [1.29, 1.82) is 0 Å². The van der Waals surface area contributed by atoms with Crippen LogP contribution in [0.1, 0.15) is 50.0 Å². The summed E-state index contributed by atoms with van der Waals surface area (Å²) in [5.74, 6) is 1.06. The maximum atomic E-state index is 12.2. The van der Waals surface area contributed by atoms with E-state index in [4.69, 9.17) is 0 Å². The van der Waals surface area contributed by atoms with Crippen molar-refractivity contribution in [3.05, 3.63) is 54.6 Å². The molecule has 0 radical (unpaired) electrons. The molecule has 4 heteroatoms. The molecule has 1 aliphatic rings. The Balaban J connectivity index is 1.80. The molecule has 1 aromatic rings. The monoisotopic (exact) mass is 324 g/mol. The zero-order valence-corrected chi connectivity index (χ0v) is 13.2. The van der Waals surface area contributed by atoms with Crippen molar-refractivity contribution in [3.8, 4) is 5.75 Å². The number of halogens is 3. The fourth-order valence-corrected chi connectivity index (χ4v) is 3.25. The van der Waals surface area contributed by atoms with Crippen LogP contribution in [0.15, 0.2) is 49.1 Å². The SMILES string of the molecule is C=C/C=C/CCC1CCC(c2ccc(OC(F)(F)F)cc2)CC1. The van der Waals surface area contributed by atoms with Crippen molar-refractivity contribution >= 4 is 0 Å². The van der Waals surface area contributed by atoms with E-state index in [1.54, 1.807) is 18.2 Å². The van der Waals surface area contributed by atoms with Gasteiger partial charge in [-0.05, 0) is 68.1 Å². The summed E-state index contributed by atoms with van der Waals surface area (Å²) in [6, 6.07) is 6.35. The maximum Gasteiger partial charge on any atom is 0.573 e. The van der Waals surface area contributed by atoms with Crippen LogP contribution in [-0.4, -0.2) is 6.36 Å². The molecule has 0 unspecified atom stereocenters. The van der Waals surface area contributed by atoms with E-state index in [-0.39, 0.29) is 5.75 Å². The van der Waals surface area contributed by atoms with Crippen LogP contribution in [0.25, 0.3) is 0 Å². The van der Waals surface area contributed by atoms with E-state index in [0.29, 0.717) is 5.92 Å². The van der Waals surface area contributed by atoms with Crippen molar-refractivity contribution in [2.24, 2.45) is 5.92 Å². The van der Waals surface area contributed by atoms with Gasteiger partial charge in [-0.2, -0.15) is 0 Å². The van der Waals surface area contributed by atoms with Crippen molar-refractivity contribution < 1.29 is 17.9 Å². The second-order valence-corrected chi connectivity index (χ2v) is 6.08. The van der Waals surface area contributed by atoms with Gasteiger partial charge in [0.1, 0.15) is 5.75 Å².